The van der Waals surface area contributed by atoms with Gasteiger partial charge in [-0.3, -0.25) is 0 Å². The summed E-state index contributed by atoms with van der Waals surface area (Å²) in [5, 5.41) is 12.1. The van der Waals surface area contributed by atoms with Crippen LogP contribution in [0.1, 0.15) is 5.56 Å². The average molecular weight is 209 g/mol. The Morgan fingerprint density at radius 3 is 2.38 bits per heavy atom. The molecule has 0 radical (unpaired) electrons. The van der Waals surface area contributed by atoms with Crippen LogP contribution in [0.15, 0.2) is 48.5 Å². The number of nitrogen functional groups attached to an aromatic ring is 1. The van der Waals surface area contributed by atoms with Gasteiger partial charge in [-0.05, 0) is 36.4 Å². The number of benzene rings is 2. The van der Waals surface area contributed by atoms with E-state index >= 15 is 0 Å². The van der Waals surface area contributed by atoms with Gasteiger partial charge in [0.1, 0.15) is 6.07 Å². The molecule has 16 heavy (non-hydrogen) atoms. The summed E-state index contributed by atoms with van der Waals surface area (Å²) in [6, 6.07) is 16.9. The summed E-state index contributed by atoms with van der Waals surface area (Å²) in [6.07, 6.45) is 0. The highest BCUT2D eigenvalue weighted by molar-refractivity contribution is 5.67. The molecule has 2 aromatic carbocycles. The van der Waals surface area contributed by atoms with Crippen LogP contribution in [-0.4, -0.2) is 0 Å². The van der Waals surface area contributed by atoms with Gasteiger partial charge in [0.15, 0.2) is 0 Å². The van der Waals surface area contributed by atoms with Gasteiger partial charge in [0.2, 0.25) is 0 Å². The summed E-state index contributed by atoms with van der Waals surface area (Å²) >= 11 is 0. The van der Waals surface area contributed by atoms with Crippen LogP contribution in [0.3, 0.4) is 0 Å². The molecule has 0 saturated heterocycles. The Morgan fingerprint density at radius 2 is 1.69 bits per heavy atom. The lowest BCUT2D eigenvalue weighted by Crippen LogP contribution is -1.93. The highest BCUT2D eigenvalue weighted by Gasteiger charge is 2.00. The number of hydrogen-bond acceptors (Lipinski definition) is 3. The van der Waals surface area contributed by atoms with Gasteiger partial charge in [0.25, 0.3) is 0 Å². The van der Waals surface area contributed by atoms with Crippen molar-refractivity contribution in [3.8, 4) is 6.07 Å². The second-order valence-corrected chi connectivity index (χ2v) is 3.40. The van der Waals surface area contributed by atoms with E-state index in [1.165, 1.54) is 0 Å². The van der Waals surface area contributed by atoms with Crippen LogP contribution in [0.5, 0.6) is 0 Å². The Hall–Kier alpha value is -2.47. The van der Waals surface area contributed by atoms with Crippen LogP contribution in [-0.2, 0) is 0 Å². The maximum absolute atomic E-state index is 8.93. The molecular weight excluding hydrogens is 198 g/mol. The zero-order valence-electron chi connectivity index (χ0n) is 8.64. The van der Waals surface area contributed by atoms with E-state index in [4.69, 9.17) is 11.0 Å². The van der Waals surface area contributed by atoms with Crippen molar-refractivity contribution in [2.45, 2.75) is 0 Å². The van der Waals surface area contributed by atoms with Crippen LogP contribution >= 0.6 is 0 Å². The Balaban J connectivity index is 2.27. The molecule has 0 spiro atoms. The van der Waals surface area contributed by atoms with Gasteiger partial charge < -0.3 is 11.1 Å². The molecule has 0 amide bonds. The van der Waals surface area contributed by atoms with Gasteiger partial charge in [-0.2, -0.15) is 5.26 Å². The minimum Gasteiger partial charge on any atom is -0.399 e. The van der Waals surface area contributed by atoms with Crippen LogP contribution in [0.2, 0.25) is 0 Å². The Labute approximate surface area is 94.1 Å². The summed E-state index contributed by atoms with van der Waals surface area (Å²) in [6.45, 7) is 0. The predicted octanol–water partition coefficient (Wildman–Crippen LogP) is 2.88. The Kier molecular flexibility index (Phi) is 2.75. The number of nitrogens with zero attached hydrogens (tertiary/aromatic N) is 1. The number of nitriles is 1. The van der Waals surface area contributed by atoms with Crippen molar-refractivity contribution in [3.05, 3.63) is 54.1 Å². The van der Waals surface area contributed by atoms with Gasteiger partial charge in [0, 0.05) is 11.4 Å². The highest BCUT2D eigenvalue weighted by atomic mass is 14.9. The maximum atomic E-state index is 8.93. The summed E-state index contributed by atoms with van der Waals surface area (Å²) in [4.78, 5) is 0. The molecule has 0 aliphatic carbocycles. The molecule has 0 heterocycles. The summed E-state index contributed by atoms with van der Waals surface area (Å²) in [5.41, 5.74) is 8.66. The predicted molar refractivity (Wildman–Crippen MR) is 65.3 cm³/mol. The molecule has 0 fully saturated rings. The molecular formula is C13H11N3. The van der Waals surface area contributed by atoms with E-state index in [0.717, 1.165) is 17.1 Å². The van der Waals surface area contributed by atoms with Crippen molar-refractivity contribution < 1.29 is 0 Å². The molecule has 0 saturated carbocycles. The third-order valence-electron chi connectivity index (χ3n) is 2.24. The lowest BCUT2D eigenvalue weighted by atomic mass is 10.2. The summed E-state index contributed by atoms with van der Waals surface area (Å²) in [5.74, 6) is 0. The highest BCUT2D eigenvalue weighted by Crippen LogP contribution is 2.20. The van der Waals surface area contributed by atoms with Crippen molar-refractivity contribution >= 4 is 17.1 Å². The van der Waals surface area contributed by atoms with Crippen LogP contribution in [0.25, 0.3) is 0 Å². The average Bonchev–Trinajstić information content (AvgIpc) is 2.33. The van der Waals surface area contributed by atoms with Crippen molar-refractivity contribution in [1.29, 1.82) is 5.26 Å². The Bertz CT molecular complexity index is 524. The molecule has 0 aliphatic heterocycles. The van der Waals surface area contributed by atoms with Crippen molar-refractivity contribution in [1.82, 2.24) is 0 Å². The van der Waals surface area contributed by atoms with Gasteiger partial charge in [-0.25, -0.2) is 0 Å². The van der Waals surface area contributed by atoms with Crippen LogP contribution < -0.4 is 11.1 Å². The van der Waals surface area contributed by atoms with E-state index in [2.05, 4.69) is 11.4 Å². The van der Waals surface area contributed by atoms with E-state index in [1.54, 1.807) is 6.07 Å². The molecule has 78 valence electrons. The number of nitrogens with one attached hydrogen (secondary N) is 1. The second-order valence-electron chi connectivity index (χ2n) is 3.40. The van der Waals surface area contributed by atoms with Gasteiger partial charge in [-0.1, -0.05) is 12.1 Å². The van der Waals surface area contributed by atoms with E-state index in [1.807, 2.05) is 42.5 Å². The fourth-order valence-corrected chi connectivity index (χ4v) is 1.41. The minimum atomic E-state index is 0.624. The first kappa shape index (κ1) is 10.1. The van der Waals surface area contributed by atoms with E-state index in [-0.39, 0.29) is 0 Å². The molecule has 2 rings (SSSR count). The first-order chi connectivity index (χ1) is 7.79. The Morgan fingerprint density at radius 1 is 1.00 bits per heavy atom. The minimum absolute atomic E-state index is 0.624. The normalized spacial score (nSPS) is 9.44. The van der Waals surface area contributed by atoms with E-state index < -0.39 is 0 Å². The zero-order valence-corrected chi connectivity index (χ0v) is 8.64. The largest absolute Gasteiger partial charge is 0.399 e. The fraction of sp³-hybridized carbons (Fsp3) is 0. The molecule has 0 atom stereocenters. The smallest absolute Gasteiger partial charge is 0.101 e. The third kappa shape index (κ3) is 2.12. The molecule has 0 aromatic heterocycles. The molecule has 0 bridgehead atoms. The fourth-order valence-electron chi connectivity index (χ4n) is 1.41. The molecule has 0 unspecified atom stereocenters. The molecule has 3 nitrogen and oxygen atoms in total. The van der Waals surface area contributed by atoms with E-state index in [0.29, 0.717) is 5.56 Å². The van der Waals surface area contributed by atoms with Crippen molar-refractivity contribution in [2.24, 2.45) is 0 Å². The molecule has 0 aliphatic rings. The molecule has 3 N–H and O–H groups in total. The number of para-hydroxylation sites is 1. The van der Waals surface area contributed by atoms with Crippen molar-refractivity contribution in [2.75, 3.05) is 11.1 Å². The topological polar surface area (TPSA) is 61.8 Å². The monoisotopic (exact) mass is 209 g/mol. The summed E-state index contributed by atoms with van der Waals surface area (Å²) in [7, 11) is 0. The number of nitrogens with two attached hydrogens (primary N) is 1. The SMILES string of the molecule is N#Cc1ccccc1Nc1ccc(N)cc1. The number of hydrogen-bond donors (Lipinski definition) is 2. The van der Waals surface area contributed by atoms with Crippen LogP contribution in [0.4, 0.5) is 17.1 Å². The van der Waals surface area contributed by atoms with Gasteiger partial charge >= 0.3 is 0 Å². The maximum Gasteiger partial charge on any atom is 0.101 e. The quantitative estimate of drug-likeness (QED) is 0.747. The second kappa shape index (κ2) is 4.37. The van der Waals surface area contributed by atoms with Crippen molar-refractivity contribution in [3.63, 3.8) is 0 Å². The molecule has 3 heteroatoms. The van der Waals surface area contributed by atoms with E-state index in [9.17, 15) is 0 Å². The van der Waals surface area contributed by atoms with Gasteiger partial charge in [0.05, 0.1) is 11.3 Å². The molecule has 2 aromatic rings. The van der Waals surface area contributed by atoms with Crippen LogP contribution in [0, 0.1) is 11.3 Å². The third-order valence-corrected chi connectivity index (χ3v) is 2.24. The lowest BCUT2D eigenvalue weighted by molar-refractivity contribution is 1.46. The first-order valence-electron chi connectivity index (χ1n) is 4.91. The van der Waals surface area contributed by atoms with Gasteiger partial charge in [-0.15, -0.1) is 0 Å². The lowest BCUT2D eigenvalue weighted by Gasteiger charge is -2.07. The standard InChI is InChI=1S/C13H11N3/c14-9-10-3-1-2-4-13(10)16-12-7-5-11(15)6-8-12/h1-8,16H,15H2. The zero-order chi connectivity index (χ0) is 11.4. The summed E-state index contributed by atoms with van der Waals surface area (Å²) < 4.78 is 0. The number of anilines is 3. The number of rotatable bonds is 2. The first-order valence-corrected chi connectivity index (χ1v) is 4.91.